The molecule has 2 amide bonds. The minimum Gasteiger partial charge on any atom is -0.488 e. The van der Waals surface area contributed by atoms with Crippen LogP contribution in [0.25, 0.3) is 0 Å². The van der Waals surface area contributed by atoms with Crippen molar-refractivity contribution in [2.75, 3.05) is 0 Å². The quantitative estimate of drug-likeness (QED) is 0.271. The number of allylic oxidation sites excluding steroid dienone is 2. The van der Waals surface area contributed by atoms with Crippen LogP contribution < -0.4 is 4.74 Å². The van der Waals surface area contributed by atoms with Gasteiger partial charge in [0.05, 0.1) is 18.1 Å². The average Bonchev–Trinajstić information content (AvgIpc) is 3.41. The predicted molar refractivity (Wildman–Crippen MR) is 125 cm³/mol. The van der Waals surface area contributed by atoms with E-state index in [9.17, 15) is 9.59 Å². The van der Waals surface area contributed by atoms with Crippen molar-refractivity contribution in [3.8, 4) is 5.75 Å². The Bertz CT molecular complexity index is 1120. The van der Waals surface area contributed by atoms with Crippen LogP contribution in [-0.4, -0.2) is 23.0 Å². The molecule has 0 spiro atoms. The molecular weight excluding hydrogens is 548 g/mol. The third-order valence-corrected chi connectivity index (χ3v) is 7.60. The van der Waals surface area contributed by atoms with E-state index >= 15 is 0 Å². The number of fused-ring (bicyclic) bond motifs is 5. The van der Waals surface area contributed by atoms with Crippen LogP contribution in [0.15, 0.2) is 62.6 Å². The summed E-state index contributed by atoms with van der Waals surface area (Å²) < 4.78 is 7.89. The Kier molecular flexibility index (Phi) is 5.52. The van der Waals surface area contributed by atoms with Crippen molar-refractivity contribution < 1.29 is 14.3 Å². The van der Waals surface area contributed by atoms with Crippen molar-refractivity contribution in [3.05, 3.63) is 73.6 Å². The second-order valence-corrected chi connectivity index (χ2v) is 10.1. The fraction of sp³-hybridized carbons (Fsp3) is 0.261. The number of imide groups is 1. The first kappa shape index (κ1) is 20.9. The lowest BCUT2D eigenvalue weighted by atomic mass is 9.85. The monoisotopic (exact) mass is 562 g/mol. The van der Waals surface area contributed by atoms with Crippen molar-refractivity contribution in [2.24, 2.45) is 28.8 Å². The maximum atomic E-state index is 12.8. The molecule has 2 aliphatic carbocycles. The normalized spacial score (nSPS) is 26.4. The second kappa shape index (κ2) is 8.19. The van der Waals surface area contributed by atoms with Crippen LogP contribution in [-0.2, 0) is 16.2 Å². The fourth-order valence-corrected chi connectivity index (χ4v) is 6.01. The van der Waals surface area contributed by atoms with E-state index in [1.54, 1.807) is 18.2 Å². The molecule has 2 aromatic rings. The molecule has 31 heavy (non-hydrogen) atoms. The number of carbonyl (C=O) groups excluding carboxylic acids is 2. The lowest BCUT2D eigenvalue weighted by Gasteiger charge is -2.13. The summed E-state index contributed by atoms with van der Waals surface area (Å²) in [5, 5.41) is 5.78. The number of halogens is 3. The van der Waals surface area contributed by atoms with Gasteiger partial charge in [-0.1, -0.05) is 61.7 Å². The molecule has 3 aliphatic rings. The van der Waals surface area contributed by atoms with Gasteiger partial charge in [-0.05, 0) is 48.6 Å². The van der Waals surface area contributed by atoms with Gasteiger partial charge < -0.3 is 4.74 Å². The largest absolute Gasteiger partial charge is 0.488 e. The molecule has 0 aromatic heterocycles. The van der Waals surface area contributed by atoms with Gasteiger partial charge in [-0.3, -0.25) is 9.59 Å². The second-order valence-electron chi connectivity index (χ2n) is 7.94. The third-order valence-electron chi connectivity index (χ3n) is 6.13. The van der Waals surface area contributed by atoms with Crippen molar-refractivity contribution in [1.29, 1.82) is 0 Å². The van der Waals surface area contributed by atoms with Crippen molar-refractivity contribution in [3.63, 3.8) is 0 Å². The van der Waals surface area contributed by atoms with E-state index in [0.29, 0.717) is 22.9 Å². The van der Waals surface area contributed by atoms with E-state index in [2.05, 4.69) is 49.1 Å². The van der Waals surface area contributed by atoms with Gasteiger partial charge in [0.1, 0.15) is 12.4 Å². The standard InChI is InChI=1S/C23H17Br2ClN2O3/c24-16-4-3-14(18(25)9-16)11-31-19-6-5-17(26)8-15(19)10-27-28-22(29)20-12-1-2-13(7-12)21(20)23(28)30/h1-6,8-10,12-13,20-21H,7,11H2/t12-,13-,20-,21+/m0/s1. The number of hydrogen-bond acceptors (Lipinski definition) is 4. The molecule has 0 unspecified atom stereocenters. The molecule has 158 valence electrons. The lowest BCUT2D eigenvalue weighted by Crippen LogP contribution is -2.28. The molecule has 5 rings (SSSR count). The minimum atomic E-state index is -0.274. The Morgan fingerprint density at radius 2 is 1.77 bits per heavy atom. The van der Waals surface area contributed by atoms with Crippen LogP contribution in [0.1, 0.15) is 17.5 Å². The average molecular weight is 565 g/mol. The molecule has 0 N–H and O–H groups in total. The molecule has 0 radical (unpaired) electrons. The molecule has 2 aromatic carbocycles. The van der Waals surface area contributed by atoms with Crippen LogP contribution in [0.5, 0.6) is 5.75 Å². The number of hydrazone groups is 1. The number of benzene rings is 2. The number of amides is 2. The molecule has 2 bridgehead atoms. The molecule has 1 aliphatic heterocycles. The van der Waals surface area contributed by atoms with Gasteiger partial charge in [-0.15, -0.1) is 0 Å². The van der Waals surface area contributed by atoms with Gasteiger partial charge in [0.2, 0.25) is 0 Å². The number of rotatable bonds is 5. The SMILES string of the molecule is O=C1[C@@H]2[C@H](C(=O)N1N=Cc1cc(Cl)ccc1OCc1ccc(Br)cc1Br)[C@H]1C=C[C@H]2C1. The summed E-state index contributed by atoms with van der Waals surface area (Å²) >= 11 is 13.1. The zero-order valence-electron chi connectivity index (χ0n) is 16.2. The lowest BCUT2D eigenvalue weighted by molar-refractivity contribution is -0.140. The fourth-order valence-electron chi connectivity index (χ4n) is 4.67. The highest BCUT2D eigenvalue weighted by molar-refractivity contribution is 9.11. The van der Waals surface area contributed by atoms with E-state index in [1.165, 1.54) is 6.21 Å². The summed E-state index contributed by atoms with van der Waals surface area (Å²) in [6, 6.07) is 11.0. The Morgan fingerprint density at radius 1 is 1.06 bits per heavy atom. The number of hydrogen-bond donors (Lipinski definition) is 0. The van der Waals surface area contributed by atoms with Crippen LogP contribution in [0.4, 0.5) is 0 Å². The maximum absolute atomic E-state index is 12.8. The number of carbonyl (C=O) groups is 2. The Balaban J connectivity index is 1.36. The summed E-state index contributed by atoms with van der Waals surface area (Å²) in [5.74, 6) is -0.113. The molecule has 1 saturated heterocycles. The first-order valence-corrected chi connectivity index (χ1v) is 11.8. The van der Waals surface area contributed by atoms with Gasteiger partial charge in [-0.25, -0.2) is 0 Å². The zero-order chi connectivity index (χ0) is 21.7. The molecule has 8 heteroatoms. The van der Waals surface area contributed by atoms with Gasteiger partial charge in [0, 0.05) is 25.1 Å². The van der Waals surface area contributed by atoms with Crippen LogP contribution >= 0.6 is 43.5 Å². The molecule has 5 nitrogen and oxygen atoms in total. The predicted octanol–water partition coefficient (Wildman–Crippen LogP) is 5.59. The van der Waals surface area contributed by atoms with E-state index in [4.69, 9.17) is 16.3 Å². The van der Waals surface area contributed by atoms with Crippen molar-refractivity contribution in [2.45, 2.75) is 13.0 Å². The summed E-state index contributed by atoms with van der Waals surface area (Å²) in [7, 11) is 0. The summed E-state index contributed by atoms with van der Waals surface area (Å²) in [6.07, 6.45) is 6.49. The summed E-state index contributed by atoms with van der Waals surface area (Å²) in [5.41, 5.74) is 1.57. The summed E-state index contributed by atoms with van der Waals surface area (Å²) in [6.45, 7) is 0.330. The zero-order valence-corrected chi connectivity index (χ0v) is 20.1. The number of ether oxygens (including phenoxy) is 1. The van der Waals surface area contributed by atoms with E-state index in [-0.39, 0.29) is 35.5 Å². The smallest absolute Gasteiger partial charge is 0.254 e. The Morgan fingerprint density at radius 3 is 2.45 bits per heavy atom. The molecule has 2 fully saturated rings. The van der Waals surface area contributed by atoms with Gasteiger partial charge in [0.15, 0.2) is 0 Å². The molecule has 1 saturated carbocycles. The summed E-state index contributed by atoms with van der Waals surface area (Å²) in [4.78, 5) is 25.7. The van der Waals surface area contributed by atoms with Gasteiger partial charge >= 0.3 is 0 Å². The van der Waals surface area contributed by atoms with Crippen molar-refractivity contribution >= 4 is 61.5 Å². The van der Waals surface area contributed by atoms with Crippen LogP contribution in [0.3, 0.4) is 0 Å². The van der Waals surface area contributed by atoms with Crippen LogP contribution in [0.2, 0.25) is 5.02 Å². The molecule has 4 atom stereocenters. The topological polar surface area (TPSA) is 59.0 Å². The first-order valence-electron chi connectivity index (χ1n) is 9.89. The van der Waals surface area contributed by atoms with E-state index in [1.807, 2.05) is 18.2 Å². The third kappa shape index (κ3) is 3.77. The highest BCUT2D eigenvalue weighted by atomic mass is 79.9. The van der Waals surface area contributed by atoms with E-state index in [0.717, 1.165) is 25.9 Å². The molecular formula is C23H17Br2ClN2O3. The first-order chi connectivity index (χ1) is 14.9. The van der Waals surface area contributed by atoms with Crippen molar-refractivity contribution in [1.82, 2.24) is 5.01 Å². The van der Waals surface area contributed by atoms with Gasteiger partial charge in [-0.2, -0.15) is 10.1 Å². The van der Waals surface area contributed by atoms with Gasteiger partial charge in [0.25, 0.3) is 11.8 Å². The van der Waals surface area contributed by atoms with E-state index < -0.39 is 0 Å². The van der Waals surface area contributed by atoms with Crippen LogP contribution in [0, 0.1) is 23.7 Å². The maximum Gasteiger partial charge on any atom is 0.254 e. The minimum absolute atomic E-state index is 0.154. The Labute approximate surface area is 201 Å². The molecule has 1 heterocycles. The Hall–Kier alpha value is -1.96. The highest BCUT2D eigenvalue weighted by Gasteiger charge is 2.59. The highest BCUT2D eigenvalue weighted by Crippen LogP contribution is 2.52. The number of nitrogens with zero attached hydrogens (tertiary/aromatic N) is 2.